The van der Waals surface area contributed by atoms with Crippen molar-refractivity contribution in [3.63, 3.8) is 0 Å². The molecule has 1 saturated carbocycles. The lowest BCUT2D eigenvalue weighted by atomic mass is 10.1. The van der Waals surface area contributed by atoms with Gasteiger partial charge < -0.3 is 14.8 Å². The first kappa shape index (κ1) is 11.6. The predicted molar refractivity (Wildman–Crippen MR) is 67.1 cm³/mol. The molecular formula is C13H17N3O2. The van der Waals surface area contributed by atoms with E-state index in [-0.39, 0.29) is 18.6 Å². The van der Waals surface area contributed by atoms with Gasteiger partial charge in [0.15, 0.2) is 0 Å². The molecule has 2 aromatic heterocycles. The monoisotopic (exact) mass is 247 g/mol. The molecule has 0 spiro atoms. The molecule has 1 aliphatic carbocycles. The third-order valence-electron chi connectivity index (χ3n) is 3.97. The maximum absolute atomic E-state index is 9.88. The third-order valence-corrected chi connectivity index (χ3v) is 3.97. The summed E-state index contributed by atoms with van der Waals surface area (Å²) in [5.74, 6) is -0.0182. The standard InChI is InChI=1S/C13H17N3O2/c1-8-11-2-3-16(13(11)15-7-14-8)10-4-9(6-17)12(18)5-10/h2-3,7,9-10,12,17-18H,4-6H2,1H3/t9-,10+,12-/m0/s1. The van der Waals surface area contributed by atoms with Crippen LogP contribution in [0.15, 0.2) is 18.6 Å². The van der Waals surface area contributed by atoms with E-state index in [0.29, 0.717) is 6.42 Å². The SMILES string of the molecule is Cc1ncnc2c1ccn2[C@@H]1C[C@@H](CO)[C@@H](O)C1. The van der Waals surface area contributed by atoms with Gasteiger partial charge in [-0.1, -0.05) is 0 Å². The smallest absolute Gasteiger partial charge is 0.143 e. The molecule has 2 aromatic rings. The van der Waals surface area contributed by atoms with Crippen LogP contribution >= 0.6 is 0 Å². The number of rotatable bonds is 2. The second kappa shape index (κ2) is 4.33. The van der Waals surface area contributed by atoms with Crippen molar-refractivity contribution in [3.05, 3.63) is 24.3 Å². The summed E-state index contributed by atoms with van der Waals surface area (Å²) in [5, 5.41) is 20.1. The first-order chi connectivity index (χ1) is 8.70. The highest BCUT2D eigenvalue weighted by Crippen LogP contribution is 2.36. The summed E-state index contributed by atoms with van der Waals surface area (Å²) in [6, 6.07) is 2.23. The zero-order valence-corrected chi connectivity index (χ0v) is 10.3. The molecule has 0 radical (unpaired) electrons. The van der Waals surface area contributed by atoms with Crippen molar-refractivity contribution >= 4 is 11.0 Å². The van der Waals surface area contributed by atoms with Gasteiger partial charge in [-0.2, -0.15) is 0 Å². The largest absolute Gasteiger partial charge is 0.396 e. The molecule has 2 N–H and O–H groups in total. The van der Waals surface area contributed by atoms with Gasteiger partial charge in [-0.05, 0) is 25.8 Å². The second-order valence-corrected chi connectivity index (χ2v) is 5.05. The number of hydrogen-bond acceptors (Lipinski definition) is 4. The Balaban J connectivity index is 1.99. The Morgan fingerprint density at radius 2 is 2.22 bits per heavy atom. The van der Waals surface area contributed by atoms with E-state index >= 15 is 0 Å². The molecule has 3 rings (SSSR count). The Morgan fingerprint density at radius 1 is 1.39 bits per heavy atom. The summed E-state index contributed by atoms with van der Waals surface area (Å²) in [5.41, 5.74) is 1.88. The van der Waals surface area contributed by atoms with E-state index in [4.69, 9.17) is 0 Å². The van der Waals surface area contributed by atoms with Crippen molar-refractivity contribution < 1.29 is 10.2 Å². The van der Waals surface area contributed by atoms with Crippen LogP contribution in [0.1, 0.15) is 24.6 Å². The van der Waals surface area contributed by atoms with Crippen LogP contribution in [-0.2, 0) is 0 Å². The van der Waals surface area contributed by atoms with Crippen molar-refractivity contribution in [1.82, 2.24) is 14.5 Å². The van der Waals surface area contributed by atoms with E-state index in [2.05, 4.69) is 14.5 Å². The molecule has 1 aliphatic rings. The van der Waals surface area contributed by atoms with Gasteiger partial charge in [-0.25, -0.2) is 9.97 Å². The number of aryl methyl sites for hydroxylation is 1. The molecule has 0 aromatic carbocycles. The molecule has 5 nitrogen and oxygen atoms in total. The highest BCUT2D eigenvalue weighted by atomic mass is 16.3. The van der Waals surface area contributed by atoms with Crippen molar-refractivity contribution in [2.75, 3.05) is 6.61 Å². The van der Waals surface area contributed by atoms with E-state index in [0.717, 1.165) is 23.1 Å². The van der Waals surface area contributed by atoms with Crippen LogP contribution in [0.25, 0.3) is 11.0 Å². The van der Waals surface area contributed by atoms with E-state index in [1.807, 2.05) is 19.2 Å². The Hall–Kier alpha value is -1.46. The Bertz CT molecular complexity index is 566. The molecule has 5 heteroatoms. The molecule has 0 saturated heterocycles. The Kier molecular flexibility index (Phi) is 2.80. The molecule has 0 amide bonds. The average Bonchev–Trinajstić information content (AvgIpc) is 2.93. The zero-order chi connectivity index (χ0) is 12.7. The fourth-order valence-corrected chi connectivity index (χ4v) is 2.89. The minimum atomic E-state index is -0.416. The number of fused-ring (bicyclic) bond motifs is 1. The second-order valence-electron chi connectivity index (χ2n) is 5.05. The van der Waals surface area contributed by atoms with E-state index in [9.17, 15) is 10.2 Å². The normalized spacial score (nSPS) is 28.1. The molecule has 0 bridgehead atoms. The van der Waals surface area contributed by atoms with Crippen LogP contribution < -0.4 is 0 Å². The molecule has 0 aliphatic heterocycles. The van der Waals surface area contributed by atoms with Gasteiger partial charge in [0.05, 0.1) is 11.8 Å². The van der Waals surface area contributed by atoms with Gasteiger partial charge in [0.25, 0.3) is 0 Å². The molecular weight excluding hydrogens is 230 g/mol. The van der Waals surface area contributed by atoms with Gasteiger partial charge in [0, 0.05) is 30.1 Å². The molecule has 18 heavy (non-hydrogen) atoms. The fraction of sp³-hybridized carbons (Fsp3) is 0.538. The predicted octanol–water partition coefficient (Wildman–Crippen LogP) is 1.04. The number of aliphatic hydroxyl groups is 2. The maximum atomic E-state index is 9.88. The quantitative estimate of drug-likeness (QED) is 0.832. The first-order valence-corrected chi connectivity index (χ1v) is 6.27. The Morgan fingerprint density at radius 3 is 2.94 bits per heavy atom. The van der Waals surface area contributed by atoms with Crippen molar-refractivity contribution in [1.29, 1.82) is 0 Å². The number of aromatic nitrogens is 3. The summed E-state index contributed by atoms with van der Waals surface area (Å²) in [6.45, 7) is 2.01. The van der Waals surface area contributed by atoms with Gasteiger partial charge in [0.1, 0.15) is 12.0 Å². The first-order valence-electron chi connectivity index (χ1n) is 6.27. The van der Waals surface area contributed by atoms with Crippen LogP contribution in [0.3, 0.4) is 0 Å². The summed E-state index contributed by atoms with van der Waals surface area (Å²) in [7, 11) is 0. The van der Waals surface area contributed by atoms with Crippen LogP contribution in [0.4, 0.5) is 0 Å². The van der Waals surface area contributed by atoms with Crippen LogP contribution in [0.2, 0.25) is 0 Å². The topological polar surface area (TPSA) is 71.2 Å². The summed E-state index contributed by atoms with van der Waals surface area (Å²) < 4.78 is 2.10. The maximum Gasteiger partial charge on any atom is 0.143 e. The lowest BCUT2D eigenvalue weighted by Gasteiger charge is -2.13. The van der Waals surface area contributed by atoms with E-state index < -0.39 is 6.10 Å². The van der Waals surface area contributed by atoms with Crippen LogP contribution in [0.5, 0.6) is 0 Å². The van der Waals surface area contributed by atoms with Gasteiger partial charge >= 0.3 is 0 Å². The molecule has 96 valence electrons. The zero-order valence-electron chi connectivity index (χ0n) is 10.3. The number of aliphatic hydroxyl groups excluding tert-OH is 2. The third kappa shape index (κ3) is 1.71. The van der Waals surface area contributed by atoms with Crippen molar-refractivity contribution in [2.45, 2.75) is 31.9 Å². The van der Waals surface area contributed by atoms with E-state index in [1.54, 1.807) is 6.33 Å². The Labute approximate surface area is 105 Å². The summed E-state index contributed by atoms with van der Waals surface area (Å²) >= 11 is 0. The summed E-state index contributed by atoms with van der Waals surface area (Å²) in [6.07, 6.45) is 4.63. The molecule has 3 atom stereocenters. The van der Waals surface area contributed by atoms with Crippen molar-refractivity contribution in [3.8, 4) is 0 Å². The lowest BCUT2D eigenvalue weighted by molar-refractivity contribution is 0.0906. The van der Waals surface area contributed by atoms with Gasteiger partial charge in [-0.15, -0.1) is 0 Å². The van der Waals surface area contributed by atoms with Gasteiger partial charge in [-0.3, -0.25) is 0 Å². The lowest BCUT2D eigenvalue weighted by Crippen LogP contribution is -2.16. The van der Waals surface area contributed by atoms with Crippen LogP contribution in [0, 0.1) is 12.8 Å². The summed E-state index contributed by atoms with van der Waals surface area (Å²) in [4.78, 5) is 8.51. The minimum Gasteiger partial charge on any atom is -0.396 e. The molecule has 1 fully saturated rings. The highest BCUT2D eigenvalue weighted by Gasteiger charge is 2.33. The number of nitrogens with zero attached hydrogens (tertiary/aromatic N) is 3. The van der Waals surface area contributed by atoms with Crippen LogP contribution in [-0.4, -0.2) is 37.5 Å². The highest BCUT2D eigenvalue weighted by molar-refractivity contribution is 5.78. The van der Waals surface area contributed by atoms with Gasteiger partial charge in [0.2, 0.25) is 0 Å². The fourth-order valence-electron chi connectivity index (χ4n) is 2.89. The molecule has 2 heterocycles. The molecule has 0 unspecified atom stereocenters. The minimum absolute atomic E-state index is 0.0182. The van der Waals surface area contributed by atoms with E-state index in [1.165, 1.54) is 0 Å². The van der Waals surface area contributed by atoms with Crippen molar-refractivity contribution in [2.24, 2.45) is 5.92 Å². The average molecular weight is 247 g/mol. The number of hydrogen-bond donors (Lipinski definition) is 2.